The van der Waals surface area contributed by atoms with Crippen LogP contribution in [0.4, 0.5) is 9.59 Å². The predicted molar refractivity (Wildman–Crippen MR) is 159 cm³/mol. The average Bonchev–Trinajstić information content (AvgIpc) is 2.86. The lowest BCUT2D eigenvalue weighted by atomic mass is 10.0. The molecule has 1 N–H and O–H groups in total. The van der Waals surface area contributed by atoms with E-state index in [0.717, 1.165) is 11.1 Å². The van der Waals surface area contributed by atoms with Gasteiger partial charge in [0, 0.05) is 6.61 Å². The second-order valence-corrected chi connectivity index (χ2v) is 17.2. The van der Waals surface area contributed by atoms with Gasteiger partial charge in [-0.2, -0.15) is 5.26 Å². The highest BCUT2D eigenvalue weighted by atomic mass is 28.4. The Bertz CT molecular complexity index is 1120. The number of nitrogens with zero attached hydrogens (tertiary/aromatic N) is 2. The molecule has 0 aliphatic carbocycles. The smallest absolute Gasteiger partial charge is 0.411 e. The van der Waals surface area contributed by atoms with Crippen LogP contribution in [-0.4, -0.2) is 49.7 Å². The van der Waals surface area contributed by atoms with Gasteiger partial charge in [0.05, 0.1) is 18.7 Å². The molecule has 0 spiro atoms. The minimum atomic E-state index is -2.09. The molecular formula is C31H45N3O5Si. The van der Waals surface area contributed by atoms with E-state index in [9.17, 15) is 14.9 Å². The highest BCUT2D eigenvalue weighted by molar-refractivity contribution is 6.74. The molecule has 9 heteroatoms. The molecule has 0 fully saturated rings. The molecule has 2 aromatic carbocycles. The van der Waals surface area contributed by atoms with E-state index in [0.29, 0.717) is 13.0 Å². The molecule has 0 radical (unpaired) electrons. The summed E-state index contributed by atoms with van der Waals surface area (Å²) in [5.74, 6) is 0. The SMILES string of the molecule is CC(C)(C)OC(=O)N[C@@H](CCO[Si](C)(C)C(C)(C)C)C(C#N)N(Cc1ccccc1)C(=O)OCc1ccccc1. The minimum Gasteiger partial charge on any atom is -0.445 e. The molecule has 0 saturated heterocycles. The van der Waals surface area contributed by atoms with Gasteiger partial charge in [-0.1, -0.05) is 81.4 Å². The van der Waals surface area contributed by atoms with Crippen LogP contribution in [0.3, 0.4) is 0 Å². The molecule has 0 aliphatic rings. The van der Waals surface area contributed by atoms with Crippen molar-refractivity contribution in [1.29, 1.82) is 5.26 Å². The Kier molecular flexibility index (Phi) is 11.8. The van der Waals surface area contributed by atoms with E-state index in [4.69, 9.17) is 13.9 Å². The van der Waals surface area contributed by atoms with E-state index in [1.54, 1.807) is 20.8 Å². The summed E-state index contributed by atoms with van der Waals surface area (Å²) in [5, 5.41) is 13.2. The van der Waals surface area contributed by atoms with Crippen LogP contribution >= 0.6 is 0 Å². The Morgan fingerprint density at radius 3 is 2.00 bits per heavy atom. The maximum atomic E-state index is 13.5. The van der Waals surface area contributed by atoms with Gasteiger partial charge in [0.1, 0.15) is 18.2 Å². The Balaban J connectivity index is 2.35. The van der Waals surface area contributed by atoms with Crippen LogP contribution in [0.25, 0.3) is 0 Å². The molecule has 0 aromatic heterocycles. The maximum absolute atomic E-state index is 13.5. The fourth-order valence-corrected chi connectivity index (χ4v) is 4.72. The van der Waals surface area contributed by atoms with Gasteiger partial charge >= 0.3 is 12.2 Å². The van der Waals surface area contributed by atoms with Crippen molar-refractivity contribution in [2.24, 2.45) is 0 Å². The lowest BCUT2D eigenvalue weighted by molar-refractivity contribution is 0.0435. The van der Waals surface area contributed by atoms with Gasteiger partial charge in [-0.05, 0) is 56.5 Å². The van der Waals surface area contributed by atoms with Crippen LogP contribution in [0.5, 0.6) is 0 Å². The third-order valence-electron chi connectivity index (χ3n) is 6.88. The zero-order valence-corrected chi connectivity index (χ0v) is 26.2. The van der Waals surface area contributed by atoms with Gasteiger partial charge in [-0.25, -0.2) is 9.59 Å². The third-order valence-corrected chi connectivity index (χ3v) is 11.4. The molecule has 2 aromatic rings. The Morgan fingerprint density at radius 1 is 0.950 bits per heavy atom. The summed E-state index contributed by atoms with van der Waals surface area (Å²) >= 11 is 0. The summed E-state index contributed by atoms with van der Waals surface area (Å²) in [6, 6.07) is 19.2. The van der Waals surface area contributed by atoms with Crippen molar-refractivity contribution in [2.75, 3.05) is 6.61 Å². The summed E-state index contributed by atoms with van der Waals surface area (Å²) in [6.45, 7) is 16.6. The fraction of sp³-hybridized carbons (Fsp3) is 0.516. The number of hydrogen-bond acceptors (Lipinski definition) is 6. The first kappa shape index (κ1) is 32.9. The second kappa shape index (κ2) is 14.3. The highest BCUT2D eigenvalue weighted by Gasteiger charge is 2.39. The van der Waals surface area contributed by atoms with E-state index in [2.05, 4.69) is 45.3 Å². The topological polar surface area (TPSA) is 101 Å². The summed E-state index contributed by atoms with van der Waals surface area (Å²) in [4.78, 5) is 27.7. The third kappa shape index (κ3) is 10.7. The number of rotatable bonds is 11. The molecule has 8 nitrogen and oxygen atoms in total. The molecule has 0 heterocycles. The number of ether oxygens (including phenoxy) is 2. The van der Waals surface area contributed by atoms with Crippen molar-refractivity contribution in [2.45, 2.75) is 96.9 Å². The lowest BCUT2D eigenvalue weighted by Crippen LogP contribution is -2.54. The van der Waals surface area contributed by atoms with Gasteiger partial charge in [0.2, 0.25) is 0 Å². The van der Waals surface area contributed by atoms with Gasteiger partial charge in [-0.3, -0.25) is 4.90 Å². The van der Waals surface area contributed by atoms with Crippen molar-refractivity contribution >= 4 is 20.5 Å². The fourth-order valence-electron chi connectivity index (χ4n) is 3.66. The van der Waals surface area contributed by atoms with Gasteiger partial charge in [-0.15, -0.1) is 0 Å². The number of carbonyl (C=O) groups is 2. The van der Waals surface area contributed by atoms with E-state index in [-0.39, 0.29) is 18.2 Å². The van der Waals surface area contributed by atoms with E-state index in [1.807, 2.05) is 60.7 Å². The molecule has 40 heavy (non-hydrogen) atoms. The summed E-state index contributed by atoms with van der Waals surface area (Å²) in [6.07, 6.45) is -1.01. The minimum absolute atomic E-state index is 0.00366. The molecule has 0 bridgehead atoms. The second-order valence-electron chi connectivity index (χ2n) is 12.4. The zero-order valence-electron chi connectivity index (χ0n) is 25.2. The van der Waals surface area contributed by atoms with E-state index in [1.165, 1.54) is 4.90 Å². The number of amides is 2. The Morgan fingerprint density at radius 2 is 1.50 bits per heavy atom. The highest BCUT2D eigenvalue weighted by Crippen LogP contribution is 2.36. The first-order chi connectivity index (χ1) is 18.6. The maximum Gasteiger partial charge on any atom is 0.411 e. The van der Waals surface area contributed by atoms with Crippen molar-refractivity contribution in [1.82, 2.24) is 10.2 Å². The molecule has 2 atom stereocenters. The van der Waals surface area contributed by atoms with Crippen LogP contribution in [0.15, 0.2) is 60.7 Å². The van der Waals surface area contributed by atoms with Crippen LogP contribution in [0, 0.1) is 11.3 Å². The molecule has 0 saturated carbocycles. The molecule has 0 aliphatic heterocycles. The number of nitrogens with one attached hydrogen (secondary N) is 1. The summed E-state index contributed by atoms with van der Waals surface area (Å²) in [5.41, 5.74) is 0.926. The van der Waals surface area contributed by atoms with E-state index >= 15 is 0 Å². The number of carbonyl (C=O) groups excluding carboxylic acids is 2. The van der Waals surface area contributed by atoms with E-state index < -0.39 is 38.2 Å². The van der Waals surface area contributed by atoms with Crippen molar-refractivity contribution in [3.05, 3.63) is 71.8 Å². The number of nitriles is 1. The standard InChI is InChI=1S/C31H45N3O5Si/c1-30(2,3)39-28(35)33-26(19-20-38-40(7,8)31(4,5)6)27(21-32)34(22-24-15-11-9-12-16-24)29(36)37-23-25-17-13-10-14-18-25/h9-18,26-27H,19-20,22-23H2,1-8H3,(H,33,35)/t26-,27?/m0/s1. The number of benzene rings is 2. The average molecular weight is 568 g/mol. The lowest BCUT2D eigenvalue weighted by Gasteiger charge is -2.37. The van der Waals surface area contributed by atoms with Crippen molar-refractivity contribution < 1.29 is 23.5 Å². The first-order valence-electron chi connectivity index (χ1n) is 13.7. The number of alkyl carbamates (subject to hydrolysis) is 1. The van der Waals surface area contributed by atoms with Crippen LogP contribution in [-0.2, 0) is 27.1 Å². The molecule has 2 rings (SSSR count). The Labute approximate surface area is 240 Å². The largest absolute Gasteiger partial charge is 0.445 e. The molecule has 2 amide bonds. The van der Waals surface area contributed by atoms with Gasteiger partial charge < -0.3 is 19.2 Å². The molecule has 218 valence electrons. The quantitative estimate of drug-likeness (QED) is 0.293. The summed E-state index contributed by atoms with van der Waals surface area (Å²) in [7, 11) is -2.09. The molecule has 1 unspecified atom stereocenters. The van der Waals surface area contributed by atoms with Crippen molar-refractivity contribution in [3.63, 3.8) is 0 Å². The van der Waals surface area contributed by atoms with Crippen LogP contribution < -0.4 is 5.32 Å². The first-order valence-corrected chi connectivity index (χ1v) is 16.6. The predicted octanol–water partition coefficient (Wildman–Crippen LogP) is 7.02. The van der Waals surface area contributed by atoms with Gasteiger partial charge in [0.25, 0.3) is 0 Å². The Hall–Kier alpha value is -3.35. The summed E-state index contributed by atoms with van der Waals surface area (Å²) < 4.78 is 17.5. The van der Waals surface area contributed by atoms with Crippen molar-refractivity contribution in [3.8, 4) is 6.07 Å². The monoisotopic (exact) mass is 567 g/mol. The zero-order chi connectivity index (χ0) is 30.0. The van der Waals surface area contributed by atoms with Crippen LogP contribution in [0.1, 0.15) is 59.1 Å². The number of hydrogen-bond donors (Lipinski definition) is 1. The van der Waals surface area contributed by atoms with Gasteiger partial charge in [0.15, 0.2) is 8.32 Å². The molecular weight excluding hydrogens is 522 g/mol. The normalized spacial score (nSPS) is 13.5. The van der Waals surface area contributed by atoms with Crippen LogP contribution in [0.2, 0.25) is 18.1 Å².